The van der Waals surface area contributed by atoms with Crippen LogP contribution in [0, 0.1) is 21.4 Å². The SMILES string of the molecule is CCC1CCC(CCc2ccc([N+](=O)[O-])cc2)(C(=O)O)C1. The van der Waals surface area contributed by atoms with Gasteiger partial charge < -0.3 is 5.11 Å². The lowest BCUT2D eigenvalue weighted by atomic mass is 9.79. The van der Waals surface area contributed by atoms with Gasteiger partial charge in [-0.15, -0.1) is 0 Å². The van der Waals surface area contributed by atoms with Gasteiger partial charge in [0.2, 0.25) is 0 Å². The number of aliphatic carboxylic acids is 1. The molecule has 0 spiro atoms. The van der Waals surface area contributed by atoms with Crippen LogP contribution >= 0.6 is 0 Å². The predicted octanol–water partition coefficient (Wildman–Crippen LogP) is 3.81. The molecule has 1 saturated carbocycles. The second-order valence-corrected chi connectivity index (χ2v) is 6.03. The fourth-order valence-electron chi connectivity index (χ4n) is 3.28. The summed E-state index contributed by atoms with van der Waals surface area (Å²) in [6, 6.07) is 6.40. The van der Waals surface area contributed by atoms with E-state index < -0.39 is 16.3 Å². The Morgan fingerprint density at radius 2 is 2.10 bits per heavy atom. The van der Waals surface area contributed by atoms with Gasteiger partial charge in [-0.25, -0.2) is 0 Å². The molecule has 2 rings (SSSR count). The summed E-state index contributed by atoms with van der Waals surface area (Å²) in [6.07, 6.45) is 4.78. The van der Waals surface area contributed by atoms with Crippen molar-refractivity contribution in [2.45, 2.75) is 45.4 Å². The molecule has 0 saturated heterocycles. The molecule has 1 aromatic carbocycles. The van der Waals surface area contributed by atoms with Gasteiger partial charge >= 0.3 is 5.97 Å². The van der Waals surface area contributed by atoms with Crippen molar-refractivity contribution >= 4 is 11.7 Å². The summed E-state index contributed by atoms with van der Waals surface area (Å²) in [5, 5.41) is 20.2. The van der Waals surface area contributed by atoms with Crippen LogP contribution in [0.1, 0.15) is 44.6 Å². The number of benzene rings is 1. The number of carboxylic acid groups (broad SMARTS) is 1. The van der Waals surface area contributed by atoms with Crippen LogP contribution in [0.2, 0.25) is 0 Å². The highest BCUT2D eigenvalue weighted by Gasteiger charge is 2.44. The van der Waals surface area contributed by atoms with Gasteiger partial charge in [0.05, 0.1) is 10.3 Å². The van der Waals surface area contributed by atoms with Gasteiger partial charge in [-0.05, 0) is 43.6 Å². The van der Waals surface area contributed by atoms with E-state index in [-0.39, 0.29) is 5.69 Å². The average molecular weight is 291 g/mol. The van der Waals surface area contributed by atoms with Crippen LogP contribution in [0.5, 0.6) is 0 Å². The minimum atomic E-state index is -0.694. The lowest BCUT2D eigenvalue weighted by Gasteiger charge is -2.24. The van der Waals surface area contributed by atoms with Gasteiger partial charge in [0.25, 0.3) is 5.69 Å². The summed E-state index contributed by atoms with van der Waals surface area (Å²) in [4.78, 5) is 21.9. The van der Waals surface area contributed by atoms with Crippen molar-refractivity contribution in [3.8, 4) is 0 Å². The molecule has 1 fully saturated rings. The fraction of sp³-hybridized carbons (Fsp3) is 0.562. The first kappa shape index (κ1) is 15.5. The quantitative estimate of drug-likeness (QED) is 0.638. The summed E-state index contributed by atoms with van der Waals surface area (Å²) in [7, 11) is 0. The second kappa shape index (κ2) is 6.24. The number of nitrogens with zero attached hydrogens (tertiary/aromatic N) is 1. The number of carboxylic acids is 1. The van der Waals surface area contributed by atoms with E-state index >= 15 is 0 Å². The minimum Gasteiger partial charge on any atom is -0.481 e. The second-order valence-electron chi connectivity index (χ2n) is 6.03. The van der Waals surface area contributed by atoms with Crippen LogP contribution in [0.25, 0.3) is 0 Å². The number of nitro groups is 1. The molecular formula is C16H21NO4. The summed E-state index contributed by atoms with van der Waals surface area (Å²) < 4.78 is 0. The molecule has 114 valence electrons. The summed E-state index contributed by atoms with van der Waals surface area (Å²) in [5.41, 5.74) is 0.419. The van der Waals surface area contributed by atoms with Crippen molar-refractivity contribution in [2.75, 3.05) is 0 Å². The summed E-state index contributed by atoms with van der Waals surface area (Å²) in [5.74, 6) is -0.182. The van der Waals surface area contributed by atoms with Crippen LogP contribution in [0.3, 0.4) is 0 Å². The molecule has 21 heavy (non-hydrogen) atoms. The number of nitro benzene ring substituents is 1. The van der Waals surface area contributed by atoms with Crippen molar-refractivity contribution in [3.63, 3.8) is 0 Å². The van der Waals surface area contributed by atoms with Crippen molar-refractivity contribution in [1.29, 1.82) is 0 Å². The third kappa shape index (κ3) is 3.40. The Hall–Kier alpha value is -1.91. The van der Waals surface area contributed by atoms with Crippen molar-refractivity contribution in [2.24, 2.45) is 11.3 Å². The Morgan fingerprint density at radius 3 is 2.57 bits per heavy atom. The molecule has 1 aromatic rings. The molecule has 1 aliphatic rings. The summed E-state index contributed by atoms with van der Waals surface area (Å²) in [6.45, 7) is 2.11. The first-order chi connectivity index (χ1) is 9.97. The van der Waals surface area contributed by atoms with E-state index in [0.717, 1.165) is 31.2 Å². The molecule has 5 heteroatoms. The third-order valence-electron chi connectivity index (χ3n) is 4.78. The molecule has 0 aromatic heterocycles. The van der Waals surface area contributed by atoms with E-state index in [2.05, 4.69) is 6.92 Å². The van der Waals surface area contributed by atoms with Gasteiger partial charge in [0.1, 0.15) is 0 Å². The maximum atomic E-state index is 11.7. The number of hydrogen-bond acceptors (Lipinski definition) is 3. The van der Waals surface area contributed by atoms with Crippen LogP contribution < -0.4 is 0 Å². The van der Waals surface area contributed by atoms with Gasteiger partial charge in [-0.2, -0.15) is 0 Å². The van der Waals surface area contributed by atoms with Gasteiger partial charge in [0.15, 0.2) is 0 Å². The molecule has 1 aliphatic carbocycles. The summed E-state index contributed by atoms with van der Waals surface area (Å²) >= 11 is 0. The topological polar surface area (TPSA) is 80.4 Å². The highest BCUT2D eigenvalue weighted by Crippen LogP contribution is 2.46. The maximum absolute atomic E-state index is 11.7. The normalized spacial score (nSPS) is 24.9. The van der Waals surface area contributed by atoms with E-state index in [0.29, 0.717) is 18.8 Å². The predicted molar refractivity (Wildman–Crippen MR) is 79.1 cm³/mol. The number of non-ortho nitro benzene ring substituents is 1. The number of aryl methyl sites for hydroxylation is 1. The highest BCUT2D eigenvalue weighted by atomic mass is 16.6. The maximum Gasteiger partial charge on any atom is 0.309 e. The molecule has 0 bridgehead atoms. The Labute approximate surface area is 124 Å². The molecule has 0 radical (unpaired) electrons. The van der Waals surface area contributed by atoms with Crippen molar-refractivity contribution < 1.29 is 14.8 Å². The first-order valence-corrected chi connectivity index (χ1v) is 7.43. The minimum absolute atomic E-state index is 0.0682. The smallest absolute Gasteiger partial charge is 0.309 e. The monoisotopic (exact) mass is 291 g/mol. The molecule has 5 nitrogen and oxygen atoms in total. The van der Waals surface area contributed by atoms with E-state index in [9.17, 15) is 20.0 Å². The van der Waals surface area contributed by atoms with Crippen molar-refractivity contribution in [1.82, 2.24) is 0 Å². The zero-order chi connectivity index (χ0) is 15.5. The van der Waals surface area contributed by atoms with Crippen LogP contribution in [-0.2, 0) is 11.2 Å². The van der Waals surface area contributed by atoms with Crippen molar-refractivity contribution in [3.05, 3.63) is 39.9 Å². The number of hydrogen-bond donors (Lipinski definition) is 1. The highest BCUT2D eigenvalue weighted by molar-refractivity contribution is 5.75. The van der Waals surface area contributed by atoms with Crippen LogP contribution in [-0.4, -0.2) is 16.0 Å². The molecule has 0 heterocycles. The van der Waals surface area contributed by atoms with E-state index in [1.807, 2.05) is 0 Å². The molecule has 0 amide bonds. The number of rotatable bonds is 6. The molecular weight excluding hydrogens is 270 g/mol. The molecule has 2 atom stereocenters. The molecule has 0 aliphatic heterocycles. The lowest BCUT2D eigenvalue weighted by molar-refractivity contribution is -0.384. The Balaban J connectivity index is 2.02. The third-order valence-corrected chi connectivity index (χ3v) is 4.78. The van der Waals surface area contributed by atoms with E-state index in [4.69, 9.17) is 0 Å². The average Bonchev–Trinajstić information content (AvgIpc) is 2.90. The fourth-order valence-corrected chi connectivity index (χ4v) is 3.28. The van der Waals surface area contributed by atoms with E-state index in [1.165, 1.54) is 12.1 Å². The van der Waals surface area contributed by atoms with Gasteiger partial charge in [0, 0.05) is 12.1 Å². The lowest BCUT2D eigenvalue weighted by Crippen LogP contribution is -2.29. The zero-order valence-electron chi connectivity index (χ0n) is 12.2. The standard InChI is InChI=1S/C16H21NO4/c1-2-12-7-9-16(11-12,15(18)19)10-8-13-3-5-14(6-4-13)17(20)21/h3-6,12H,2,7-11H2,1H3,(H,18,19). The van der Waals surface area contributed by atoms with Gasteiger partial charge in [-0.3, -0.25) is 14.9 Å². The number of carbonyl (C=O) groups is 1. The van der Waals surface area contributed by atoms with E-state index in [1.54, 1.807) is 12.1 Å². The first-order valence-electron chi connectivity index (χ1n) is 7.43. The zero-order valence-corrected chi connectivity index (χ0v) is 12.2. The Bertz CT molecular complexity index is 526. The Morgan fingerprint density at radius 1 is 1.43 bits per heavy atom. The van der Waals surface area contributed by atoms with Crippen LogP contribution in [0.4, 0.5) is 5.69 Å². The Kier molecular flexibility index (Phi) is 4.60. The molecule has 1 N–H and O–H groups in total. The van der Waals surface area contributed by atoms with Crippen LogP contribution in [0.15, 0.2) is 24.3 Å². The molecule has 2 unspecified atom stereocenters. The largest absolute Gasteiger partial charge is 0.481 e. The van der Waals surface area contributed by atoms with Gasteiger partial charge in [-0.1, -0.05) is 25.5 Å².